The summed E-state index contributed by atoms with van der Waals surface area (Å²) in [6, 6.07) is 0. The molecule has 0 unspecified atom stereocenters. The summed E-state index contributed by atoms with van der Waals surface area (Å²) in [5.74, 6) is 0. The SMILES string of the molecule is CCCCCCCn1nnc(CO)c1CC. The Balaban J connectivity index is 2.38. The van der Waals surface area contributed by atoms with Crippen molar-refractivity contribution in [1.82, 2.24) is 15.0 Å². The van der Waals surface area contributed by atoms with Gasteiger partial charge in [-0.3, -0.25) is 0 Å². The van der Waals surface area contributed by atoms with Gasteiger partial charge in [-0.1, -0.05) is 44.7 Å². The second-order valence-corrected chi connectivity index (χ2v) is 4.13. The zero-order chi connectivity index (χ0) is 11.8. The van der Waals surface area contributed by atoms with Gasteiger partial charge < -0.3 is 5.11 Å². The van der Waals surface area contributed by atoms with Crippen molar-refractivity contribution in [3.63, 3.8) is 0 Å². The molecule has 1 heterocycles. The van der Waals surface area contributed by atoms with Gasteiger partial charge in [-0.15, -0.1) is 5.10 Å². The number of unbranched alkanes of at least 4 members (excludes halogenated alkanes) is 4. The number of hydrogen-bond acceptors (Lipinski definition) is 3. The van der Waals surface area contributed by atoms with Gasteiger partial charge in [-0.25, -0.2) is 4.68 Å². The van der Waals surface area contributed by atoms with Crippen LogP contribution in [0.3, 0.4) is 0 Å². The second-order valence-electron chi connectivity index (χ2n) is 4.13. The van der Waals surface area contributed by atoms with Crippen molar-refractivity contribution in [3.05, 3.63) is 11.4 Å². The Labute approximate surface area is 97.7 Å². The molecule has 1 aromatic heterocycles. The summed E-state index contributed by atoms with van der Waals surface area (Å²) in [5, 5.41) is 17.2. The largest absolute Gasteiger partial charge is 0.390 e. The van der Waals surface area contributed by atoms with E-state index in [1.807, 2.05) is 4.68 Å². The van der Waals surface area contributed by atoms with Crippen LogP contribution in [0.2, 0.25) is 0 Å². The molecule has 1 aromatic rings. The Morgan fingerprint density at radius 1 is 1.12 bits per heavy atom. The van der Waals surface area contributed by atoms with Gasteiger partial charge in [0.05, 0.1) is 12.3 Å². The van der Waals surface area contributed by atoms with Crippen molar-refractivity contribution in [1.29, 1.82) is 0 Å². The molecule has 0 radical (unpaired) electrons. The molecule has 1 N–H and O–H groups in total. The van der Waals surface area contributed by atoms with E-state index < -0.39 is 0 Å². The van der Waals surface area contributed by atoms with Crippen molar-refractivity contribution in [3.8, 4) is 0 Å². The number of aromatic nitrogens is 3. The van der Waals surface area contributed by atoms with Crippen molar-refractivity contribution in [2.45, 2.75) is 65.5 Å². The van der Waals surface area contributed by atoms with Gasteiger partial charge in [0.25, 0.3) is 0 Å². The maximum absolute atomic E-state index is 9.09. The number of aliphatic hydroxyl groups excluding tert-OH is 1. The average molecular weight is 225 g/mol. The number of nitrogens with zero attached hydrogens (tertiary/aromatic N) is 3. The molecular weight excluding hydrogens is 202 g/mol. The first kappa shape index (κ1) is 13.2. The summed E-state index contributed by atoms with van der Waals surface area (Å²) < 4.78 is 1.94. The van der Waals surface area contributed by atoms with Crippen LogP contribution in [-0.4, -0.2) is 20.1 Å². The van der Waals surface area contributed by atoms with Gasteiger partial charge in [0.2, 0.25) is 0 Å². The molecule has 0 saturated carbocycles. The van der Waals surface area contributed by atoms with Gasteiger partial charge in [0.15, 0.2) is 0 Å². The molecule has 0 aliphatic heterocycles. The van der Waals surface area contributed by atoms with Crippen LogP contribution in [0.4, 0.5) is 0 Å². The summed E-state index contributed by atoms with van der Waals surface area (Å²) in [6.07, 6.45) is 7.20. The fourth-order valence-electron chi connectivity index (χ4n) is 1.92. The molecule has 92 valence electrons. The first-order valence-electron chi connectivity index (χ1n) is 6.35. The quantitative estimate of drug-likeness (QED) is 0.691. The minimum atomic E-state index is -0.000984. The van der Waals surface area contributed by atoms with Crippen molar-refractivity contribution < 1.29 is 5.11 Å². The van der Waals surface area contributed by atoms with Crippen LogP contribution < -0.4 is 0 Å². The lowest BCUT2D eigenvalue weighted by molar-refractivity contribution is 0.275. The Morgan fingerprint density at radius 3 is 2.50 bits per heavy atom. The number of hydrogen-bond donors (Lipinski definition) is 1. The molecule has 0 fully saturated rings. The van der Waals surface area contributed by atoms with Crippen LogP contribution in [0.25, 0.3) is 0 Å². The van der Waals surface area contributed by atoms with Gasteiger partial charge in [0.1, 0.15) is 5.69 Å². The summed E-state index contributed by atoms with van der Waals surface area (Å²) in [5.41, 5.74) is 1.81. The monoisotopic (exact) mass is 225 g/mol. The molecule has 0 spiro atoms. The van der Waals surface area contributed by atoms with E-state index in [2.05, 4.69) is 24.2 Å². The van der Waals surface area contributed by atoms with Crippen molar-refractivity contribution >= 4 is 0 Å². The minimum Gasteiger partial charge on any atom is -0.390 e. The summed E-state index contributed by atoms with van der Waals surface area (Å²) in [4.78, 5) is 0. The average Bonchev–Trinajstić information content (AvgIpc) is 2.71. The Bertz CT molecular complexity index is 296. The molecule has 0 aromatic carbocycles. The minimum absolute atomic E-state index is 0.000984. The lowest BCUT2D eigenvalue weighted by Crippen LogP contribution is -2.05. The van der Waals surface area contributed by atoms with Crippen molar-refractivity contribution in [2.75, 3.05) is 0 Å². The third-order valence-corrected chi connectivity index (χ3v) is 2.88. The Morgan fingerprint density at radius 2 is 1.88 bits per heavy atom. The van der Waals surface area contributed by atoms with E-state index in [4.69, 9.17) is 5.11 Å². The maximum atomic E-state index is 9.09. The molecular formula is C12H23N3O. The van der Waals surface area contributed by atoms with Crippen LogP contribution in [0.15, 0.2) is 0 Å². The van der Waals surface area contributed by atoms with E-state index in [1.54, 1.807) is 0 Å². The summed E-state index contributed by atoms with van der Waals surface area (Å²) in [7, 11) is 0. The normalized spacial score (nSPS) is 10.9. The van der Waals surface area contributed by atoms with Gasteiger partial charge in [-0.05, 0) is 12.8 Å². The van der Waals surface area contributed by atoms with E-state index in [9.17, 15) is 0 Å². The molecule has 4 nitrogen and oxygen atoms in total. The van der Waals surface area contributed by atoms with Crippen LogP contribution in [-0.2, 0) is 19.6 Å². The molecule has 0 saturated heterocycles. The molecule has 4 heteroatoms. The van der Waals surface area contributed by atoms with E-state index in [-0.39, 0.29) is 6.61 Å². The number of aliphatic hydroxyl groups is 1. The van der Waals surface area contributed by atoms with E-state index in [0.29, 0.717) is 0 Å². The standard InChI is InChI=1S/C12H23N3O/c1-3-5-6-7-8-9-15-12(4-2)11(10-16)13-14-15/h16H,3-10H2,1-2H3. The van der Waals surface area contributed by atoms with Crippen LogP contribution in [0, 0.1) is 0 Å². The highest BCUT2D eigenvalue weighted by Crippen LogP contribution is 2.09. The fourth-order valence-corrected chi connectivity index (χ4v) is 1.92. The fraction of sp³-hybridized carbons (Fsp3) is 0.833. The predicted molar refractivity (Wildman–Crippen MR) is 64.1 cm³/mol. The zero-order valence-electron chi connectivity index (χ0n) is 10.4. The van der Waals surface area contributed by atoms with E-state index in [1.165, 1.54) is 25.7 Å². The number of rotatable bonds is 8. The number of aryl methyl sites for hydroxylation is 1. The molecule has 16 heavy (non-hydrogen) atoms. The summed E-state index contributed by atoms with van der Waals surface area (Å²) in [6.45, 7) is 5.23. The second kappa shape index (κ2) is 7.39. The van der Waals surface area contributed by atoms with Crippen LogP contribution >= 0.6 is 0 Å². The molecule has 0 amide bonds. The third kappa shape index (κ3) is 3.59. The molecule has 0 aliphatic carbocycles. The van der Waals surface area contributed by atoms with Gasteiger partial charge in [-0.2, -0.15) is 0 Å². The lowest BCUT2D eigenvalue weighted by atomic mass is 10.1. The van der Waals surface area contributed by atoms with Gasteiger partial charge >= 0.3 is 0 Å². The smallest absolute Gasteiger partial charge is 0.111 e. The predicted octanol–water partition coefficient (Wildman–Crippen LogP) is 2.30. The van der Waals surface area contributed by atoms with E-state index in [0.717, 1.165) is 30.8 Å². The molecule has 0 bridgehead atoms. The highest BCUT2D eigenvalue weighted by Gasteiger charge is 2.09. The highest BCUT2D eigenvalue weighted by molar-refractivity contribution is 5.08. The molecule has 0 atom stereocenters. The summed E-state index contributed by atoms with van der Waals surface area (Å²) >= 11 is 0. The van der Waals surface area contributed by atoms with Gasteiger partial charge in [0, 0.05) is 6.54 Å². The first-order chi connectivity index (χ1) is 7.83. The highest BCUT2D eigenvalue weighted by atomic mass is 16.3. The lowest BCUT2D eigenvalue weighted by Gasteiger charge is -2.05. The van der Waals surface area contributed by atoms with Crippen LogP contribution in [0.1, 0.15) is 57.3 Å². The maximum Gasteiger partial charge on any atom is 0.111 e. The topological polar surface area (TPSA) is 50.9 Å². The molecule has 1 rings (SSSR count). The zero-order valence-corrected chi connectivity index (χ0v) is 10.4. The van der Waals surface area contributed by atoms with E-state index >= 15 is 0 Å². The molecule has 0 aliphatic rings. The van der Waals surface area contributed by atoms with Crippen LogP contribution in [0.5, 0.6) is 0 Å². The Kier molecular flexibility index (Phi) is 6.08. The Hall–Kier alpha value is -0.900. The third-order valence-electron chi connectivity index (χ3n) is 2.88. The first-order valence-corrected chi connectivity index (χ1v) is 6.35. The van der Waals surface area contributed by atoms with Crippen molar-refractivity contribution in [2.24, 2.45) is 0 Å².